The molecule has 30 heavy (non-hydrogen) atoms. The third kappa shape index (κ3) is 3.21. The predicted octanol–water partition coefficient (Wildman–Crippen LogP) is 4.20. The van der Waals surface area contributed by atoms with Gasteiger partial charge in [0.05, 0.1) is 23.1 Å². The van der Waals surface area contributed by atoms with Crippen LogP contribution in [-0.4, -0.2) is 23.0 Å². The first-order valence-electron chi connectivity index (χ1n) is 9.78. The number of rotatable bonds is 5. The predicted molar refractivity (Wildman–Crippen MR) is 109 cm³/mol. The first-order valence-corrected chi connectivity index (χ1v) is 10.2. The van der Waals surface area contributed by atoms with Crippen LogP contribution in [0.4, 0.5) is 4.39 Å². The van der Waals surface area contributed by atoms with Crippen molar-refractivity contribution in [3.05, 3.63) is 76.6 Å². The molecule has 1 saturated heterocycles. The molecular weight excluding hydrogens is 407 g/mol. The molecule has 1 aliphatic heterocycles. The third-order valence-electron chi connectivity index (χ3n) is 6.03. The minimum absolute atomic E-state index is 0.156. The second-order valence-electron chi connectivity index (χ2n) is 7.84. The second kappa shape index (κ2) is 7.36. The summed E-state index contributed by atoms with van der Waals surface area (Å²) in [5.74, 6) is -0.489. The Balaban J connectivity index is 1.26. The number of carbonyl (C=O) groups excluding carboxylic acids is 2. The summed E-state index contributed by atoms with van der Waals surface area (Å²) in [6.07, 6.45) is 6.45. The van der Waals surface area contributed by atoms with Gasteiger partial charge in [-0.2, -0.15) is 10.1 Å². The van der Waals surface area contributed by atoms with E-state index in [4.69, 9.17) is 16.3 Å². The van der Waals surface area contributed by atoms with E-state index in [1.807, 2.05) is 0 Å². The van der Waals surface area contributed by atoms with Crippen LogP contribution in [0.1, 0.15) is 17.5 Å². The van der Waals surface area contributed by atoms with Crippen molar-refractivity contribution in [3.63, 3.8) is 0 Å². The zero-order chi connectivity index (χ0) is 20.8. The van der Waals surface area contributed by atoms with Crippen LogP contribution in [0.5, 0.6) is 5.75 Å². The molecule has 2 aromatic rings. The molecule has 0 N–H and O–H groups in total. The molecule has 5 nitrogen and oxygen atoms in total. The molecule has 1 saturated carbocycles. The molecule has 152 valence electrons. The lowest BCUT2D eigenvalue weighted by Gasteiger charge is -2.13. The zero-order valence-corrected chi connectivity index (χ0v) is 16.6. The summed E-state index contributed by atoms with van der Waals surface area (Å²) in [6, 6.07) is 11.1. The number of amides is 2. The van der Waals surface area contributed by atoms with E-state index in [1.54, 1.807) is 30.3 Å². The van der Waals surface area contributed by atoms with Crippen LogP contribution in [0.2, 0.25) is 5.02 Å². The highest BCUT2D eigenvalue weighted by Gasteiger charge is 2.59. The highest BCUT2D eigenvalue weighted by atomic mass is 35.5. The van der Waals surface area contributed by atoms with Gasteiger partial charge >= 0.3 is 0 Å². The minimum Gasteiger partial charge on any atom is -0.487 e. The fourth-order valence-electron chi connectivity index (χ4n) is 4.58. The van der Waals surface area contributed by atoms with Crippen molar-refractivity contribution in [3.8, 4) is 5.75 Å². The van der Waals surface area contributed by atoms with Crippen molar-refractivity contribution in [2.75, 3.05) is 0 Å². The Kier molecular flexibility index (Phi) is 4.66. The van der Waals surface area contributed by atoms with E-state index in [-0.39, 0.29) is 47.9 Å². The van der Waals surface area contributed by atoms with Crippen LogP contribution in [0, 0.1) is 29.5 Å². The van der Waals surface area contributed by atoms with Gasteiger partial charge in [0.1, 0.15) is 18.2 Å². The van der Waals surface area contributed by atoms with Gasteiger partial charge in [0, 0.05) is 0 Å². The molecule has 2 bridgehead atoms. The molecule has 2 fully saturated rings. The number of carbonyl (C=O) groups is 2. The third-order valence-corrected chi connectivity index (χ3v) is 6.33. The van der Waals surface area contributed by atoms with Crippen LogP contribution in [-0.2, 0) is 16.2 Å². The SMILES string of the molecule is O=C1[C@@H]2[C@H](C(=O)N1N=Cc1ccc(OCc3ccc(F)cc3)c(Cl)c1)[C@H]1C=C[C@H]2C1. The first kappa shape index (κ1) is 19.0. The van der Waals surface area contributed by atoms with Crippen molar-refractivity contribution < 1.29 is 18.7 Å². The number of ether oxygens (including phenoxy) is 1. The van der Waals surface area contributed by atoms with E-state index in [1.165, 1.54) is 18.3 Å². The van der Waals surface area contributed by atoms with Gasteiger partial charge in [0.15, 0.2) is 0 Å². The van der Waals surface area contributed by atoms with Crippen LogP contribution < -0.4 is 4.74 Å². The first-order chi connectivity index (χ1) is 14.5. The quantitative estimate of drug-likeness (QED) is 0.410. The van der Waals surface area contributed by atoms with Gasteiger partial charge in [-0.05, 0) is 59.7 Å². The molecule has 1 heterocycles. The van der Waals surface area contributed by atoms with Crippen molar-refractivity contribution in [1.82, 2.24) is 5.01 Å². The molecule has 3 aliphatic rings. The van der Waals surface area contributed by atoms with E-state index in [2.05, 4.69) is 17.3 Å². The van der Waals surface area contributed by atoms with Gasteiger partial charge in [-0.3, -0.25) is 9.59 Å². The Morgan fingerprint density at radius 2 is 1.73 bits per heavy atom. The van der Waals surface area contributed by atoms with E-state index in [0.29, 0.717) is 16.3 Å². The summed E-state index contributed by atoms with van der Waals surface area (Å²) in [7, 11) is 0. The number of fused-ring (bicyclic) bond motifs is 5. The van der Waals surface area contributed by atoms with Gasteiger partial charge in [0.25, 0.3) is 11.8 Å². The molecule has 0 aromatic heterocycles. The number of hydrazone groups is 1. The Morgan fingerprint density at radius 1 is 1.07 bits per heavy atom. The van der Waals surface area contributed by atoms with Crippen LogP contribution in [0.15, 0.2) is 59.7 Å². The van der Waals surface area contributed by atoms with Crippen molar-refractivity contribution in [2.45, 2.75) is 13.0 Å². The lowest BCUT2D eigenvalue weighted by atomic mass is 9.85. The molecule has 2 amide bonds. The Labute approximate surface area is 177 Å². The number of imide groups is 1. The average Bonchev–Trinajstić information content (AvgIpc) is 3.41. The summed E-state index contributed by atoms with van der Waals surface area (Å²) < 4.78 is 18.7. The van der Waals surface area contributed by atoms with Gasteiger partial charge < -0.3 is 4.74 Å². The number of nitrogens with zero attached hydrogens (tertiary/aromatic N) is 2. The van der Waals surface area contributed by atoms with Gasteiger partial charge in [0.2, 0.25) is 0 Å². The van der Waals surface area contributed by atoms with Crippen LogP contribution in [0.3, 0.4) is 0 Å². The molecule has 5 rings (SSSR count). The van der Waals surface area contributed by atoms with Crippen LogP contribution >= 0.6 is 11.6 Å². The van der Waals surface area contributed by atoms with Gasteiger partial charge in [-0.15, -0.1) is 0 Å². The number of benzene rings is 2. The number of allylic oxidation sites excluding steroid dienone is 2. The Bertz CT molecular complexity index is 1050. The molecule has 0 spiro atoms. The van der Waals surface area contributed by atoms with Crippen molar-refractivity contribution >= 4 is 29.6 Å². The van der Waals surface area contributed by atoms with E-state index in [0.717, 1.165) is 17.0 Å². The Morgan fingerprint density at radius 3 is 2.37 bits per heavy atom. The van der Waals surface area contributed by atoms with Crippen molar-refractivity contribution in [1.29, 1.82) is 0 Å². The highest BCUT2D eigenvalue weighted by Crippen LogP contribution is 2.52. The van der Waals surface area contributed by atoms with E-state index >= 15 is 0 Å². The molecular formula is C23H18ClFN2O3. The molecule has 0 unspecified atom stereocenters. The lowest BCUT2D eigenvalue weighted by molar-refractivity contribution is -0.140. The van der Waals surface area contributed by atoms with E-state index < -0.39 is 0 Å². The molecule has 0 radical (unpaired) electrons. The molecule has 2 aliphatic carbocycles. The standard InChI is InChI=1S/C23H18ClFN2O3/c24-18-9-14(3-8-19(18)30-12-13-1-6-17(25)7-2-13)11-26-27-22(28)20-15-4-5-16(10-15)21(20)23(27)29/h1-9,11,15-16,20-21H,10,12H2/t15-,16-,20-,21+/m0/s1. The zero-order valence-electron chi connectivity index (χ0n) is 15.9. The van der Waals surface area contributed by atoms with Crippen LogP contribution in [0.25, 0.3) is 0 Å². The highest BCUT2D eigenvalue weighted by molar-refractivity contribution is 6.32. The summed E-state index contributed by atoms with van der Waals surface area (Å²) in [5.41, 5.74) is 1.46. The summed E-state index contributed by atoms with van der Waals surface area (Å²) in [5, 5.41) is 5.54. The Hall–Kier alpha value is -2.99. The summed E-state index contributed by atoms with van der Waals surface area (Å²) in [6.45, 7) is 0.253. The fraction of sp³-hybridized carbons (Fsp3) is 0.261. The number of hydrogen-bond acceptors (Lipinski definition) is 4. The maximum atomic E-state index is 13.0. The second-order valence-corrected chi connectivity index (χ2v) is 8.24. The normalized spacial score (nSPS) is 26.8. The van der Waals surface area contributed by atoms with Gasteiger partial charge in [-0.25, -0.2) is 4.39 Å². The number of halogens is 2. The number of hydrogen-bond donors (Lipinski definition) is 0. The minimum atomic E-state index is -0.303. The summed E-state index contributed by atoms with van der Waals surface area (Å²) in [4.78, 5) is 25.3. The summed E-state index contributed by atoms with van der Waals surface area (Å²) >= 11 is 6.30. The molecule has 4 atom stereocenters. The average molecular weight is 425 g/mol. The maximum absolute atomic E-state index is 13.0. The maximum Gasteiger partial charge on any atom is 0.254 e. The largest absolute Gasteiger partial charge is 0.487 e. The smallest absolute Gasteiger partial charge is 0.254 e. The fourth-order valence-corrected chi connectivity index (χ4v) is 4.82. The van der Waals surface area contributed by atoms with Gasteiger partial charge in [-0.1, -0.05) is 35.9 Å². The molecule has 2 aromatic carbocycles. The topological polar surface area (TPSA) is 59.0 Å². The molecule has 7 heteroatoms. The van der Waals surface area contributed by atoms with Crippen molar-refractivity contribution in [2.24, 2.45) is 28.8 Å². The lowest BCUT2D eigenvalue weighted by Crippen LogP contribution is -2.28. The monoisotopic (exact) mass is 424 g/mol. The van der Waals surface area contributed by atoms with E-state index in [9.17, 15) is 14.0 Å².